The highest BCUT2D eigenvalue weighted by Crippen LogP contribution is 2.28. The molecule has 1 aliphatic rings. The number of anilines is 1. The number of aryl methyl sites for hydroxylation is 3. The Morgan fingerprint density at radius 1 is 1.03 bits per heavy atom. The van der Waals surface area contributed by atoms with Gasteiger partial charge in [0.15, 0.2) is 0 Å². The highest BCUT2D eigenvalue weighted by molar-refractivity contribution is 5.96. The number of benzene rings is 2. The Labute approximate surface area is 179 Å². The van der Waals surface area contributed by atoms with Crippen molar-refractivity contribution < 1.29 is 4.79 Å². The summed E-state index contributed by atoms with van der Waals surface area (Å²) in [5, 5.41) is 0. The van der Waals surface area contributed by atoms with E-state index in [1.54, 1.807) is 0 Å². The summed E-state index contributed by atoms with van der Waals surface area (Å²) in [7, 11) is 0. The molecule has 30 heavy (non-hydrogen) atoms. The van der Waals surface area contributed by atoms with Crippen LogP contribution in [-0.2, 0) is 17.8 Å². The molecule has 1 unspecified atom stereocenters. The molecular weight excluding hydrogens is 370 g/mol. The summed E-state index contributed by atoms with van der Waals surface area (Å²) >= 11 is 0. The number of amides is 1. The lowest BCUT2D eigenvalue weighted by Crippen LogP contribution is -2.40. The van der Waals surface area contributed by atoms with Crippen LogP contribution in [0.5, 0.6) is 0 Å². The van der Waals surface area contributed by atoms with Crippen molar-refractivity contribution in [2.24, 2.45) is 5.92 Å². The van der Waals surface area contributed by atoms with Crippen LogP contribution in [0.2, 0.25) is 0 Å². The monoisotopic (exact) mass is 401 g/mol. The second-order valence-corrected chi connectivity index (χ2v) is 8.72. The fourth-order valence-electron chi connectivity index (χ4n) is 4.38. The summed E-state index contributed by atoms with van der Waals surface area (Å²) in [6.45, 7) is 9.95. The zero-order valence-electron chi connectivity index (χ0n) is 18.5. The van der Waals surface area contributed by atoms with Crippen LogP contribution in [0.3, 0.4) is 0 Å². The molecule has 0 N–H and O–H groups in total. The normalized spacial score (nSPS) is 16.9. The summed E-state index contributed by atoms with van der Waals surface area (Å²) in [5.74, 6) is 0.374. The molecule has 0 spiro atoms. The van der Waals surface area contributed by atoms with Gasteiger partial charge >= 0.3 is 0 Å². The van der Waals surface area contributed by atoms with Gasteiger partial charge in [-0.1, -0.05) is 48.9 Å². The molecule has 1 atom stereocenters. The molecule has 1 fully saturated rings. The summed E-state index contributed by atoms with van der Waals surface area (Å²) in [4.78, 5) is 19.1. The standard InChI is InChI=1S/C26H31N3O/c1-18-7-9-22(10-8-18)15-25-21(4)27-17-28(25)16-23-11-12-24(20(3)14-23)29-13-5-6-19(2)26(29)30/h7-12,14,17,19H,5-6,13,15-16H2,1-4H3. The van der Waals surface area contributed by atoms with Crippen LogP contribution in [0.15, 0.2) is 48.8 Å². The smallest absolute Gasteiger partial charge is 0.229 e. The fraction of sp³-hybridized carbons (Fsp3) is 0.385. The zero-order valence-corrected chi connectivity index (χ0v) is 18.5. The van der Waals surface area contributed by atoms with Crippen LogP contribution >= 0.6 is 0 Å². The van der Waals surface area contributed by atoms with Crippen molar-refractivity contribution in [1.29, 1.82) is 0 Å². The largest absolute Gasteiger partial charge is 0.330 e. The first-order chi connectivity index (χ1) is 14.4. The SMILES string of the molecule is Cc1ccc(Cc2c(C)ncn2Cc2ccc(N3CCCC(C)C3=O)c(C)c2)cc1. The molecule has 1 amide bonds. The molecule has 0 aliphatic carbocycles. The maximum Gasteiger partial charge on any atom is 0.229 e. The topological polar surface area (TPSA) is 38.1 Å². The number of imidazole rings is 1. The van der Waals surface area contributed by atoms with Crippen molar-refractivity contribution >= 4 is 11.6 Å². The van der Waals surface area contributed by atoms with E-state index >= 15 is 0 Å². The Morgan fingerprint density at radius 3 is 2.50 bits per heavy atom. The number of piperidine rings is 1. The van der Waals surface area contributed by atoms with E-state index < -0.39 is 0 Å². The summed E-state index contributed by atoms with van der Waals surface area (Å²) in [6, 6.07) is 15.2. The van der Waals surface area contributed by atoms with E-state index in [1.165, 1.54) is 22.4 Å². The Balaban J connectivity index is 1.54. The van der Waals surface area contributed by atoms with Gasteiger partial charge in [-0.05, 0) is 56.4 Å². The molecule has 2 aromatic carbocycles. The molecule has 1 saturated heterocycles. The van der Waals surface area contributed by atoms with Gasteiger partial charge in [-0.3, -0.25) is 4.79 Å². The van der Waals surface area contributed by atoms with Crippen LogP contribution in [0.4, 0.5) is 5.69 Å². The number of hydrogen-bond donors (Lipinski definition) is 0. The third kappa shape index (κ3) is 4.18. The number of hydrogen-bond acceptors (Lipinski definition) is 2. The van der Waals surface area contributed by atoms with Crippen molar-refractivity contribution in [3.8, 4) is 0 Å². The highest BCUT2D eigenvalue weighted by Gasteiger charge is 2.27. The van der Waals surface area contributed by atoms with Crippen LogP contribution in [0.1, 0.15) is 53.4 Å². The second-order valence-electron chi connectivity index (χ2n) is 8.72. The predicted octanol–water partition coefficient (Wildman–Crippen LogP) is 5.21. The lowest BCUT2D eigenvalue weighted by Gasteiger charge is -2.32. The van der Waals surface area contributed by atoms with E-state index in [-0.39, 0.29) is 11.8 Å². The van der Waals surface area contributed by atoms with E-state index in [4.69, 9.17) is 0 Å². The number of aromatic nitrogens is 2. The van der Waals surface area contributed by atoms with Crippen molar-refractivity contribution in [1.82, 2.24) is 9.55 Å². The molecule has 1 aliphatic heterocycles. The molecule has 0 bridgehead atoms. The first-order valence-corrected chi connectivity index (χ1v) is 10.9. The van der Waals surface area contributed by atoms with Crippen LogP contribution in [0.25, 0.3) is 0 Å². The van der Waals surface area contributed by atoms with Crippen molar-refractivity contribution in [3.05, 3.63) is 82.4 Å². The Morgan fingerprint density at radius 2 is 1.77 bits per heavy atom. The Hall–Kier alpha value is -2.88. The first-order valence-electron chi connectivity index (χ1n) is 10.9. The quantitative estimate of drug-likeness (QED) is 0.589. The van der Waals surface area contributed by atoms with E-state index in [1.807, 2.05) is 18.2 Å². The van der Waals surface area contributed by atoms with Crippen LogP contribution < -0.4 is 4.90 Å². The number of nitrogens with zero attached hydrogens (tertiary/aromatic N) is 3. The van der Waals surface area contributed by atoms with Gasteiger partial charge in [0, 0.05) is 36.8 Å². The molecule has 0 saturated carbocycles. The van der Waals surface area contributed by atoms with Gasteiger partial charge in [-0.15, -0.1) is 0 Å². The summed E-state index contributed by atoms with van der Waals surface area (Å²) in [6.07, 6.45) is 4.89. The predicted molar refractivity (Wildman–Crippen MR) is 122 cm³/mol. The molecule has 2 heterocycles. The number of carbonyl (C=O) groups is 1. The van der Waals surface area contributed by atoms with Gasteiger partial charge in [0.25, 0.3) is 0 Å². The number of rotatable bonds is 5. The third-order valence-corrected chi connectivity index (χ3v) is 6.26. The zero-order chi connectivity index (χ0) is 21.3. The average Bonchev–Trinajstić information content (AvgIpc) is 3.06. The molecule has 3 aromatic rings. The van der Waals surface area contributed by atoms with Crippen molar-refractivity contribution in [3.63, 3.8) is 0 Å². The van der Waals surface area contributed by atoms with Crippen LogP contribution in [-0.4, -0.2) is 22.0 Å². The maximum atomic E-state index is 12.6. The fourth-order valence-corrected chi connectivity index (χ4v) is 4.38. The average molecular weight is 402 g/mol. The van der Waals surface area contributed by atoms with Gasteiger partial charge in [0.2, 0.25) is 5.91 Å². The minimum absolute atomic E-state index is 0.121. The first kappa shape index (κ1) is 20.4. The van der Waals surface area contributed by atoms with Gasteiger partial charge in [0.1, 0.15) is 0 Å². The minimum Gasteiger partial charge on any atom is -0.330 e. The number of carbonyl (C=O) groups excluding carboxylic acids is 1. The molecule has 1 aromatic heterocycles. The van der Waals surface area contributed by atoms with E-state index in [9.17, 15) is 4.79 Å². The van der Waals surface area contributed by atoms with Crippen molar-refractivity contribution in [2.45, 2.75) is 53.5 Å². The van der Waals surface area contributed by atoms with Crippen LogP contribution in [0, 0.1) is 26.7 Å². The minimum atomic E-state index is 0.121. The maximum absolute atomic E-state index is 12.6. The van der Waals surface area contributed by atoms with E-state index in [0.29, 0.717) is 0 Å². The molecule has 4 heteroatoms. The van der Waals surface area contributed by atoms with E-state index in [0.717, 1.165) is 49.3 Å². The molecule has 156 valence electrons. The van der Waals surface area contributed by atoms with Gasteiger partial charge in [0.05, 0.1) is 12.0 Å². The van der Waals surface area contributed by atoms with Crippen molar-refractivity contribution in [2.75, 3.05) is 11.4 Å². The third-order valence-electron chi connectivity index (χ3n) is 6.26. The van der Waals surface area contributed by atoms with Gasteiger partial charge in [-0.2, -0.15) is 0 Å². The van der Waals surface area contributed by atoms with Gasteiger partial charge < -0.3 is 9.47 Å². The lowest BCUT2D eigenvalue weighted by molar-refractivity contribution is -0.123. The Kier molecular flexibility index (Phi) is 5.76. The summed E-state index contributed by atoms with van der Waals surface area (Å²) < 4.78 is 2.25. The summed E-state index contributed by atoms with van der Waals surface area (Å²) in [5.41, 5.74) is 8.36. The van der Waals surface area contributed by atoms with Gasteiger partial charge in [-0.25, -0.2) is 4.98 Å². The molecular formula is C26H31N3O. The molecule has 0 radical (unpaired) electrons. The molecule has 4 rings (SSSR count). The van der Waals surface area contributed by atoms with E-state index in [2.05, 4.69) is 72.8 Å². The Bertz CT molecular complexity index is 1050. The lowest BCUT2D eigenvalue weighted by atomic mass is 9.97. The molecule has 4 nitrogen and oxygen atoms in total. The highest BCUT2D eigenvalue weighted by atomic mass is 16.2. The second kappa shape index (κ2) is 8.47.